The normalized spacial score (nSPS) is 18.4. The average molecular weight is 232 g/mol. The highest BCUT2D eigenvalue weighted by molar-refractivity contribution is 5.58. The molecule has 17 heavy (non-hydrogen) atoms. The molecule has 1 aliphatic heterocycles. The molecule has 2 aromatic rings. The summed E-state index contributed by atoms with van der Waals surface area (Å²) >= 11 is 0. The summed E-state index contributed by atoms with van der Waals surface area (Å²) in [5, 5.41) is 9.23. The van der Waals surface area contributed by atoms with Crippen molar-refractivity contribution in [3.8, 4) is 11.3 Å². The van der Waals surface area contributed by atoms with E-state index in [1.807, 2.05) is 10.8 Å². The van der Waals surface area contributed by atoms with E-state index in [-0.39, 0.29) is 18.5 Å². The van der Waals surface area contributed by atoms with Crippen LogP contribution in [-0.2, 0) is 6.42 Å². The Morgan fingerprint density at radius 1 is 1.35 bits per heavy atom. The Morgan fingerprint density at radius 2 is 2.12 bits per heavy atom. The molecule has 0 saturated heterocycles. The SMILES string of the molecule is OC[C@H]1CCc2nc(-c3ccc(F)cc3)cn21. The fourth-order valence-corrected chi connectivity index (χ4v) is 2.31. The van der Waals surface area contributed by atoms with Gasteiger partial charge >= 0.3 is 0 Å². The molecule has 0 spiro atoms. The number of halogens is 1. The number of benzene rings is 1. The van der Waals surface area contributed by atoms with E-state index in [0.29, 0.717) is 0 Å². The van der Waals surface area contributed by atoms with Crippen molar-refractivity contribution in [3.05, 3.63) is 42.1 Å². The molecule has 3 rings (SSSR count). The molecule has 88 valence electrons. The molecule has 2 heterocycles. The van der Waals surface area contributed by atoms with Crippen LogP contribution in [0.3, 0.4) is 0 Å². The van der Waals surface area contributed by atoms with Gasteiger partial charge in [-0.1, -0.05) is 0 Å². The van der Waals surface area contributed by atoms with Crippen molar-refractivity contribution < 1.29 is 9.50 Å². The second-order valence-electron chi connectivity index (χ2n) is 4.33. The molecule has 3 nitrogen and oxygen atoms in total. The van der Waals surface area contributed by atoms with Crippen LogP contribution in [0.4, 0.5) is 4.39 Å². The van der Waals surface area contributed by atoms with Gasteiger partial charge in [0.25, 0.3) is 0 Å². The van der Waals surface area contributed by atoms with Crippen molar-refractivity contribution in [1.29, 1.82) is 0 Å². The topological polar surface area (TPSA) is 38.1 Å². The van der Waals surface area contributed by atoms with Crippen molar-refractivity contribution in [2.24, 2.45) is 0 Å². The van der Waals surface area contributed by atoms with E-state index in [9.17, 15) is 9.50 Å². The summed E-state index contributed by atoms with van der Waals surface area (Å²) in [5.41, 5.74) is 1.75. The fourth-order valence-electron chi connectivity index (χ4n) is 2.31. The molecule has 1 aromatic carbocycles. The van der Waals surface area contributed by atoms with E-state index in [4.69, 9.17) is 0 Å². The summed E-state index contributed by atoms with van der Waals surface area (Å²) < 4.78 is 14.8. The largest absolute Gasteiger partial charge is 0.394 e. The van der Waals surface area contributed by atoms with Crippen LogP contribution in [0.5, 0.6) is 0 Å². The number of nitrogens with zero attached hydrogens (tertiary/aromatic N) is 2. The van der Waals surface area contributed by atoms with Crippen LogP contribution in [0.1, 0.15) is 18.3 Å². The maximum atomic E-state index is 12.8. The van der Waals surface area contributed by atoms with Crippen molar-refractivity contribution in [2.75, 3.05) is 6.61 Å². The number of rotatable bonds is 2. The first-order valence-corrected chi connectivity index (χ1v) is 5.72. The summed E-state index contributed by atoms with van der Waals surface area (Å²) in [6.45, 7) is 0.145. The predicted octanol–water partition coefficient (Wildman–Crippen LogP) is 2.17. The quantitative estimate of drug-likeness (QED) is 0.861. The smallest absolute Gasteiger partial charge is 0.123 e. The van der Waals surface area contributed by atoms with Crippen LogP contribution < -0.4 is 0 Å². The van der Waals surface area contributed by atoms with E-state index in [0.717, 1.165) is 29.9 Å². The standard InChI is InChI=1S/C13H13FN2O/c14-10-3-1-9(2-4-10)12-7-16-11(8-17)5-6-13(16)15-12/h1-4,7,11,17H,5-6,8H2/t11-/m1/s1. The van der Waals surface area contributed by atoms with E-state index in [1.165, 1.54) is 12.1 Å². The lowest BCUT2D eigenvalue weighted by molar-refractivity contribution is 0.233. The number of aryl methyl sites for hydroxylation is 1. The first kappa shape index (κ1) is 10.5. The van der Waals surface area contributed by atoms with Gasteiger partial charge in [-0.05, 0) is 30.7 Å². The van der Waals surface area contributed by atoms with Crippen molar-refractivity contribution in [3.63, 3.8) is 0 Å². The predicted molar refractivity (Wildman–Crippen MR) is 62.1 cm³/mol. The zero-order valence-electron chi connectivity index (χ0n) is 9.31. The summed E-state index contributed by atoms with van der Waals surface area (Å²) in [5.74, 6) is 0.761. The Morgan fingerprint density at radius 3 is 2.82 bits per heavy atom. The molecule has 0 radical (unpaired) electrons. The number of hydrogen-bond donors (Lipinski definition) is 1. The summed E-state index contributed by atoms with van der Waals surface area (Å²) in [4.78, 5) is 4.52. The third-order valence-corrected chi connectivity index (χ3v) is 3.25. The molecular formula is C13H13FN2O. The van der Waals surface area contributed by atoms with Crippen LogP contribution in [0.15, 0.2) is 30.5 Å². The highest BCUT2D eigenvalue weighted by Gasteiger charge is 2.23. The molecule has 1 atom stereocenters. The molecule has 1 N–H and O–H groups in total. The zero-order valence-corrected chi connectivity index (χ0v) is 9.31. The molecular weight excluding hydrogens is 219 g/mol. The molecule has 0 bridgehead atoms. The molecule has 1 aliphatic rings. The summed E-state index contributed by atoms with van der Waals surface area (Å²) in [7, 11) is 0. The maximum Gasteiger partial charge on any atom is 0.123 e. The molecule has 4 heteroatoms. The lowest BCUT2D eigenvalue weighted by Gasteiger charge is -2.07. The van der Waals surface area contributed by atoms with Crippen molar-refractivity contribution in [2.45, 2.75) is 18.9 Å². The molecule has 0 fully saturated rings. The summed E-state index contributed by atoms with van der Waals surface area (Å²) in [6, 6.07) is 6.46. The maximum absolute atomic E-state index is 12.8. The Kier molecular flexibility index (Phi) is 2.44. The Balaban J connectivity index is 1.98. The van der Waals surface area contributed by atoms with Crippen LogP contribution in [0.2, 0.25) is 0 Å². The van der Waals surface area contributed by atoms with Crippen LogP contribution >= 0.6 is 0 Å². The average Bonchev–Trinajstić information content (AvgIpc) is 2.89. The molecule has 0 amide bonds. The highest BCUT2D eigenvalue weighted by atomic mass is 19.1. The van der Waals surface area contributed by atoms with Crippen LogP contribution in [-0.4, -0.2) is 21.3 Å². The monoisotopic (exact) mass is 232 g/mol. The minimum absolute atomic E-state index is 0.145. The van der Waals surface area contributed by atoms with Gasteiger partial charge < -0.3 is 9.67 Å². The van der Waals surface area contributed by atoms with E-state index in [1.54, 1.807) is 12.1 Å². The number of aromatic nitrogens is 2. The zero-order chi connectivity index (χ0) is 11.8. The van der Waals surface area contributed by atoms with Gasteiger partial charge in [0.05, 0.1) is 18.3 Å². The van der Waals surface area contributed by atoms with E-state index in [2.05, 4.69) is 4.98 Å². The van der Waals surface area contributed by atoms with Gasteiger partial charge in [-0.3, -0.25) is 0 Å². The minimum Gasteiger partial charge on any atom is -0.394 e. The first-order chi connectivity index (χ1) is 8.28. The number of imidazole rings is 1. The van der Waals surface area contributed by atoms with Gasteiger partial charge in [0.1, 0.15) is 11.6 Å². The Hall–Kier alpha value is -1.68. The molecule has 0 aliphatic carbocycles. The van der Waals surface area contributed by atoms with Gasteiger partial charge in [-0.2, -0.15) is 0 Å². The fraction of sp³-hybridized carbons (Fsp3) is 0.308. The van der Waals surface area contributed by atoms with Crippen LogP contribution in [0, 0.1) is 5.82 Å². The number of hydrogen-bond acceptors (Lipinski definition) is 2. The highest BCUT2D eigenvalue weighted by Crippen LogP contribution is 2.29. The van der Waals surface area contributed by atoms with E-state index >= 15 is 0 Å². The number of aliphatic hydroxyl groups is 1. The second kappa shape index (κ2) is 3.96. The lowest BCUT2D eigenvalue weighted by atomic mass is 10.1. The van der Waals surface area contributed by atoms with Gasteiger partial charge in [0.15, 0.2) is 0 Å². The lowest BCUT2D eigenvalue weighted by Crippen LogP contribution is -2.06. The third kappa shape index (κ3) is 1.74. The van der Waals surface area contributed by atoms with Gasteiger partial charge in [0, 0.05) is 18.2 Å². The van der Waals surface area contributed by atoms with Gasteiger partial charge in [-0.15, -0.1) is 0 Å². The number of aliphatic hydroxyl groups excluding tert-OH is 1. The first-order valence-electron chi connectivity index (χ1n) is 5.72. The molecule has 1 aromatic heterocycles. The molecule has 0 saturated carbocycles. The third-order valence-electron chi connectivity index (χ3n) is 3.25. The minimum atomic E-state index is -0.242. The molecule has 0 unspecified atom stereocenters. The number of fused-ring (bicyclic) bond motifs is 1. The Labute approximate surface area is 98.5 Å². The van der Waals surface area contributed by atoms with Crippen molar-refractivity contribution >= 4 is 0 Å². The van der Waals surface area contributed by atoms with Gasteiger partial charge in [-0.25, -0.2) is 9.37 Å². The van der Waals surface area contributed by atoms with Crippen LogP contribution in [0.25, 0.3) is 11.3 Å². The van der Waals surface area contributed by atoms with Crippen molar-refractivity contribution in [1.82, 2.24) is 9.55 Å². The second-order valence-corrected chi connectivity index (χ2v) is 4.33. The summed E-state index contributed by atoms with van der Waals surface area (Å²) in [6.07, 6.45) is 3.78. The van der Waals surface area contributed by atoms with E-state index < -0.39 is 0 Å². The Bertz CT molecular complexity index is 533. The van der Waals surface area contributed by atoms with Gasteiger partial charge in [0.2, 0.25) is 0 Å².